The fourth-order valence-corrected chi connectivity index (χ4v) is 2.50. The molecule has 0 bridgehead atoms. The molecule has 1 aliphatic rings. The maximum atomic E-state index is 14.0. The quantitative estimate of drug-likeness (QED) is 0.519. The molecule has 1 fully saturated rings. The van der Waals surface area contributed by atoms with E-state index in [1.807, 2.05) is 0 Å². The SMILES string of the molecule is COCCOc1cnn(C)c1-c1cc(OC2CN(C=O)C2)c(F)cn1. The van der Waals surface area contributed by atoms with Gasteiger partial charge in [-0.05, 0) is 0 Å². The molecule has 1 aliphatic heterocycles. The minimum Gasteiger partial charge on any atom is -0.487 e. The van der Waals surface area contributed by atoms with E-state index in [4.69, 9.17) is 14.2 Å². The standard InChI is InChI=1S/C16H19FN4O4/c1-20-16(15(7-19-20)24-4-3-23-2)13-5-14(12(17)6-18-13)25-11-8-21(9-11)10-22/h5-7,10-11H,3-4,8-9H2,1-2H3. The summed E-state index contributed by atoms with van der Waals surface area (Å²) in [5, 5.41) is 4.16. The van der Waals surface area contributed by atoms with Crippen molar-refractivity contribution in [3.05, 3.63) is 24.3 Å². The Morgan fingerprint density at radius 1 is 1.32 bits per heavy atom. The Bertz CT molecular complexity index is 746. The van der Waals surface area contributed by atoms with Crippen LogP contribution in [0.15, 0.2) is 18.5 Å². The molecule has 0 spiro atoms. The van der Waals surface area contributed by atoms with Crippen LogP contribution in [-0.4, -0.2) is 65.6 Å². The van der Waals surface area contributed by atoms with Crippen molar-refractivity contribution < 1.29 is 23.4 Å². The van der Waals surface area contributed by atoms with Crippen LogP contribution in [0.4, 0.5) is 4.39 Å². The first-order valence-electron chi connectivity index (χ1n) is 7.78. The molecule has 1 amide bonds. The normalized spacial score (nSPS) is 14.3. The molecule has 9 heteroatoms. The monoisotopic (exact) mass is 350 g/mol. The number of rotatable bonds is 8. The lowest BCUT2D eigenvalue weighted by Gasteiger charge is -2.36. The summed E-state index contributed by atoms with van der Waals surface area (Å²) in [5.74, 6) is 0.0577. The van der Waals surface area contributed by atoms with Crippen LogP contribution in [0.2, 0.25) is 0 Å². The van der Waals surface area contributed by atoms with Crippen LogP contribution in [0.5, 0.6) is 11.5 Å². The van der Waals surface area contributed by atoms with Gasteiger partial charge in [-0.25, -0.2) is 4.39 Å². The van der Waals surface area contributed by atoms with Gasteiger partial charge in [0, 0.05) is 20.2 Å². The van der Waals surface area contributed by atoms with E-state index in [-0.39, 0.29) is 11.9 Å². The van der Waals surface area contributed by atoms with Crippen LogP contribution >= 0.6 is 0 Å². The van der Waals surface area contributed by atoms with Crippen LogP contribution in [-0.2, 0) is 16.6 Å². The van der Waals surface area contributed by atoms with E-state index in [9.17, 15) is 9.18 Å². The van der Waals surface area contributed by atoms with E-state index in [0.29, 0.717) is 43.4 Å². The minimum atomic E-state index is -0.558. The number of pyridine rings is 1. The van der Waals surface area contributed by atoms with E-state index in [1.54, 1.807) is 29.9 Å². The first kappa shape index (κ1) is 17.2. The number of likely N-dealkylation sites (tertiary alicyclic amines) is 1. The molecule has 2 aromatic rings. The number of nitrogens with zero attached hydrogens (tertiary/aromatic N) is 4. The third kappa shape index (κ3) is 3.71. The van der Waals surface area contributed by atoms with Gasteiger partial charge in [-0.2, -0.15) is 5.10 Å². The number of hydrogen-bond acceptors (Lipinski definition) is 6. The van der Waals surface area contributed by atoms with Gasteiger partial charge in [-0.3, -0.25) is 14.5 Å². The van der Waals surface area contributed by atoms with Crippen molar-refractivity contribution in [2.24, 2.45) is 7.05 Å². The van der Waals surface area contributed by atoms with Gasteiger partial charge in [-0.15, -0.1) is 0 Å². The van der Waals surface area contributed by atoms with Crippen LogP contribution in [0.25, 0.3) is 11.4 Å². The summed E-state index contributed by atoms with van der Waals surface area (Å²) in [5.41, 5.74) is 1.10. The predicted octanol–water partition coefficient (Wildman–Crippen LogP) is 0.866. The van der Waals surface area contributed by atoms with Gasteiger partial charge in [-0.1, -0.05) is 0 Å². The number of amides is 1. The second-order valence-electron chi connectivity index (χ2n) is 5.62. The molecular weight excluding hydrogens is 331 g/mol. The zero-order valence-corrected chi connectivity index (χ0v) is 14.0. The molecule has 0 aliphatic carbocycles. The summed E-state index contributed by atoms with van der Waals surface area (Å²) in [6.07, 6.45) is 3.20. The lowest BCUT2D eigenvalue weighted by Crippen LogP contribution is -2.52. The minimum absolute atomic E-state index is 0.0876. The van der Waals surface area contributed by atoms with Gasteiger partial charge in [0.15, 0.2) is 17.3 Å². The number of ether oxygens (including phenoxy) is 3. The molecule has 8 nitrogen and oxygen atoms in total. The molecule has 3 heterocycles. The van der Waals surface area contributed by atoms with Crippen molar-refractivity contribution in [2.75, 3.05) is 33.4 Å². The molecule has 0 radical (unpaired) electrons. The average molecular weight is 350 g/mol. The van der Waals surface area contributed by atoms with Crippen molar-refractivity contribution in [1.82, 2.24) is 19.7 Å². The highest BCUT2D eigenvalue weighted by Crippen LogP contribution is 2.31. The fraction of sp³-hybridized carbons (Fsp3) is 0.438. The molecule has 0 aromatic carbocycles. The Morgan fingerprint density at radius 3 is 2.84 bits per heavy atom. The van der Waals surface area contributed by atoms with Crippen LogP contribution < -0.4 is 9.47 Å². The van der Waals surface area contributed by atoms with E-state index >= 15 is 0 Å². The number of halogens is 1. The van der Waals surface area contributed by atoms with E-state index in [2.05, 4.69) is 10.1 Å². The summed E-state index contributed by atoms with van der Waals surface area (Å²) >= 11 is 0. The molecule has 134 valence electrons. The van der Waals surface area contributed by atoms with E-state index in [1.165, 1.54) is 6.07 Å². The van der Waals surface area contributed by atoms with Gasteiger partial charge in [0.05, 0.1) is 37.8 Å². The van der Waals surface area contributed by atoms with Crippen molar-refractivity contribution in [1.29, 1.82) is 0 Å². The Hall–Kier alpha value is -2.68. The van der Waals surface area contributed by atoms with Crippen molar-refractivity contribution in [3.8, 4) is 22.9 Å². The van der Waals surface area contributed by atoms with E-state index in [0.717, 1.165) is 12.6 Å². The Balaban J connectivity index is 1.80. The highest BCUT2D eigenvalue weighted by Gasteiger charge is 2.28. The number of methoxy groups -OCH3 is 1. The number of aryl methyl sites for hydroxylation is 1. The number of carbonyl (C=O) groups excluding carboxylic acids is 1. The van der Waals surface area contributed by atoms with Crippen LogP contribution in [0, 0.1) is 5.82 Å². The number of hydrogen-bond donors (Lipinski definition) is 0. The Morgan fingerprint density at radius 2 is 2.12 bits per heavy atom. The third-order valence-electron chi connectivity index (χ3n) is 3.83. The van der Waals surface area contributed by atoms with Crippen molar-refractivity contribution in [3.63, 3.8) is 0 Å². The molecule has 0 unspecified atom stereocenters. The summed E-state index contributed by atoms with van der Waals surface area (Å²) in [6, 6.07) is 1.51. The first-order valence-corrected chi connectivity index (χ1v) is 7.78. The van der Waals surface area contributed by atoms with Crippen LogP contribution in [0.1, 0.15) is 0 Å². The lowest BCUT2D eigenvalue weighted by atomic mass is 10.2. The molecule has 2 aromatic heterocycles. The highest BCUT2D eigenvalue weighted by molar-refractivity contribution is 5.64. The average Bonchev–Trinajstić information content (AvgIpc) is 2.93. The van der Waals surface area contributed by atoms with Crippen molar-refractivity contribution >= 4 is 6.41 Å². The molecule has 25 heavy (non-hydrogen) atoms. The second kappa shape index (κ2) is 7.47. The third-order valence-corrected chi connectivity index (χ3v) is 3.83. The smallest absolute Gasteiger partial charge is 0.209 e. The highest BCUT2D eigenvalue weighted by atomic mass is 19.1. The maximum absolute atomic E-state index is 14.0. The predicted molar refractivity (Wildman–Crippen MR) is 85.8 cm³/mol. The van der Waals surface area contributed by atoms with Gasteiger partial charge in [0.2, 0.25) is 6.41 Å². The zero-order chi connectivity index (χ0) is 17.8. The van der Waals surface area contributed by atoms with E-state index < -0.39 is 5.82 Å². The molecular formula is C16H19FN4O4. The number of carbonyl (C=O) groups is 1. The largest absolute Gasteiger partial charge is 0.487 e. The first-order chi connectivity index (χ1) is 12.1. The summed E-state index contributed by atoms with van der Waals surface area (Å²) in [6.45, 7) is 1.69. The number of aromatic nitrogens is 3. The molecule has 0 N–H and O–H groups in total. The topological polar surface area (TPSA) is 78.7 Å². The summed E-state index contributed by atoms with van der Waals surface area (Å²) < 4.78 is 31.8. The summed E-state index contributed by atoms with van der Waals surface area (Å²) in [7, 11) is 3.34. The zero-order valence-electron chi connectivity index (χ0n) is 14.0. The second-order valence-corrected chi connectivity index (χ2v) is 5.62. The molecule has 0 saturated carbocycles. The molecule has 1 saturated heterocycles. The van der Waals surface area contributed by atoms with Gasteiger partial charge in [0.1, 0.15) is 18.4 Å². The maximum Gasteiger partial charge on any atom is 0.209 e. The molecule has 0 atom stereocenters. The van der Waals surface area contributed by atoms with Gasteiger partial charge >= 0.3 is 0 Å². The lowest BCUT2D eigenvalue weighted by molar-refractivity contribution is -0.126. The molecule has 3 rings (SSSR count). The van der Waals surface area contributed by atoms with Crippen molar-refractivity contribution in [2.45, 2.75) is 6.10 Å². The van der Waals surface area contributed by atoms with Gasteiger partial charge in [0.25, 0.3) is 0 Å². The Labute approximate surface area is 144 Å². The fourth-order valence-electron chi connectivity index (χ4n) is 2.50. The summed E-state index contributed by atoms with van der Waals surface area (Å²) in [4.78, 5) is 16.3. The van der Waals surface area contributed by atoms with Crippen LogP contribution in [0.3, 0.4) is 0 Å². The Kier molecular flexibility index (Phi) is 5.13. The van der Waals surface area contributed by atoms with Gasteiger partial charge < -0.3 is 19.1 Å².